The Bertz CT molecular complexity index is 363. The number of rotatable bonds is 8. The molecule has 0 saturated carbocycles. The molecule has 1 aromatic rings. The van der Waals surface area contributed by atoms with Gasteiger partial charge in [-0.3, -0.25) is 9.88 Å². The van der Waals surface area contributed by atoms with Gasteiger partial charge in [0.05, 0.1) is 11.4 Å². The molecule has 0 aliphatic carbocycles. The Kier molecular flexibility index (Phi) is 6.99. The van der Waals surface area contributed by atoms with Gasteiger partial charge in [0.15, 0.2) is 0 Å². The molecule has 0 spiro atoms. The highest BCUT2D eigenvalue weighted by molar-refractivity contribution is 5.11. The lowest BCUT2D eigenvalue weighted by Gasteiger charge is -2.19. The normalized spacial score (nSPS) is 11.8. The summed E-state index contributed by atoms with van der Waals surface area (Å²) in [4.78, 5) is 9.20. The molecule has 1 rings (SSSR count). The first-order valence-corrected chi connectivity index (χ1v) is 6.99. The zero-order chi connectivity index (χ0) is 14.3. The number of aromatic nitrogens is 1. The summed E-state index contributed by atoms with van der Waals surface area (Å²) in [7, 11) is 6.35. The SMILES string of the molecule is CC(C)NCc1cccc(CN(C)CCN(C)C)n1. The molecule has 0 aromatic carbocycles. The van der Waals surface area contributed by atoms with Crippen LogP contribution in [0.15, 0.2) is 18.2 Å². The van der Waals surface area contributed by atoms with E-state index >= 15 is 0 Å². The summed E-state index contributed by atoms with van der Waals surface area (Å²) in [6.45, 7) is 8.18. The maximum atomic E-state index is 4.69. The molecule has 0 radical (unpaired) electrons. The summed E-state index contributed by atoms with van der Waals surface area (Å²) in [5, 5.41) is 3.40. The maximum absolute atomic E-state index is 4.69. The number of likely N-dealkylation sites (N-methyl/N-ethyl adjacent to an activating group) is 2. The van der Waals surface area contributed by atoms with E-state index in [9.17, 15) is 0 Å². The lowest BCUT2D eigenvalue weighted by atomic mass is 10.2. The van der Waals surface area contributed by atoms with Crippen LogP contribution in [0, 0.1) is 0 Å². The van der Waals surface area contributed by atoms with Crippen molar-refractivity contribution in [3.05, 3.63) is 29.6 Å². The van der Waals surface area contributed by atoms with Crippen molar-refractivity contribution in [2.45, 2.75) is 33.0 Å². The standard InChI is InChI=1S/C15H28N4/c1-13(2)16-11-14-7-6-8-15(17-14)12-19(5)10-9-18(3)4/h6-8,13,16H,9-12H2,1-5H3. The van der Waals surface area contributed by atoms with Crippen LogP contribution < -0.4 is 5.32 Å². The van der Waals surface area contributed by atoms with Crippen molar-refractivity contribution in [3.63, 3.8) is 0 Å². The fourth-order valence-electron chi connectivity index (χ4n) is 1.75. The topological polar surface area (TPSA) is 31.4 Å². The van der Waals surface area contributed by atoms with Gasteiger partial charge in [0.1, 0.15) is 0 Å². The molecule has 108 valence electrons. The summed E-state index contributed by atoms with van der Waals surface area (Å²) in [6.07, 6.45) is 0. The molecule has 4 nitrogen and oxygen atoms in total. The van der Waals surface area contributed by atoms with Crippen LogP contribution in [0.4, 0.5) is 0 Å². The van der Waals surface area contributed by atoms with Gasteiger partial charge in [0, 0.05) is 32.2 Å². The van der Waals surface area contributed by atoms with E-state index in [2.05, 4.69) is 68.3 Å². The van der Waals surface area contributed by atoms with E-state index in [0.29, 0.717) is 6.04 Å². The highest BCUT2D eigenvalue weighted by atomic mass is 15.2. The number of nitrogens with zero attached hydrogens (tertiary/aromatic N) is 3. The lowest BCUT2D eigenvalue weighted by Crippen LogP contribution is -2.28. The Balaban J connectivity index is 2.47. The van der Waals surface area contributed by atoms with Crippen LogP contribution in [-0.4, -0.2) is 55.1 Å². The molecule has 0 fully saturated rings. The molecule has 1 heterocycles. The van der Waals surface area contributed by atoms with Gasteiger partial charge in [-0.05, 0) is 33.3 Å². The largest absolute Gasteiger partial charge is 0.309 e. The number of pyridine rings is 1. The van der Waals surface area contributed by atoms with Crippen LogP contribution in [0.3, 0.4) is 0 Å². The Morgan fingerprint density at radius 1 is 1.11 bits per heavy atom. The van der Waals surface area contributed by atoms with Crippen molar-refractivity contribution >= 4 is 0 Å². The number of nitrogens with one attached hydrogen (secondary N) is 1. The summed E-state index contributed by atoms with van der Waals surface area (Å²) in [6, 6.07) is 6.77. The van der Waals surface area contributed by atoms with Crippen LogP contribution in [0.1, 0.15) is 25.2 Å². The Morgan fingerprint density at radius 3 is 2.42 bits per heavy atom. The van der Waals surface area contributed by atoms with Crippen LogP contribution >= 0.6 is 0 Å². The van der Waals surface area contributed by atoms with Crippen LogP contribution in [-0.2, 0) is 13.1 Å². The average Bonchev–Trinajstić information content (AvgIpc) is 2.34. The molecule has 0 saturated heterocycles. The van der Waals surface area contributed by atoms with Crippen LogP contribution in [0.25, 0.3) is 0 Å². The molecule has 0 amide bonds. The third-order valence-electron chi connectivity index (χ3n) is 2.92. The monoisotopic (exact) mass is 264 g/mol. The van der Waals surface area contributed by atoms with Crippen molar-refractivity contribution in [3.8, 4) is 0 Å². The fraction of sp³-hybridized carbons (Fsp3) is 0.667. The third-order valence-corrected chi connectivity index (χ3v) is 2.92. The first-order chi connectivity index (χ1) is 8.97. The molecular formula is C15H28N4. The second-order valence-electron chi connectivity index (χ2n) is 5.70. The molecule has 4 heteroatoms. The molecule has 0 bridgehead atoms. The predicted molar refractivity (Wildman–Crippen MR) is 81.1 cm³/mol. The average molecular weight is 264 g/mol. The van der Waals surface area contributed by atoms with Gasteiger partial charge in [-0.2, -0.15) is 0 Å². The van der Waals surface area contributed by atoms with Gasteiger partial charge < -0.3 is 10.2 Å². The van der Waals surface area contributed by atoms with Crippen LogP contribution in [0.2, 0.25) is 0 Å². The zero-order valence-electron chi connectivity index (χ0n) is 13.0. The first kappa shape index (κ1) is 16.1. The first-order valence-electron chi connectivity index (χ1n) is 6.99. The van der Waals surface area contributed by atoms with E-state index in [4.69, 9.17) is 4.98 Å². The third kappa shape index (κ3) is 7.25. The smallest absolute Gasteiger partial charge is 0.0547 e. The van der Waals surface area contributed by atoms with Gasteiger partial charge >= 0.3 is 0 Å². The summed E-state index contributed by atoms with van der Waals surface area (Å²) in [5.74, 6) is 0. The van der Waals surface area contributed by atoms with Crippen molar-refractivity contribution in [2.75, 3.05) is 34.2 Å². The fourth-order valence-corrected chi connectivity index (χ4v) is 1.75. The minimum absolute atomic E-state index is 0.494. The van der Waals surface area contributed by atoms with E-state index in [1.54, 1.807) is 0 Å². The Hall–Kier alpha value is -0.970. The van der Waals surface area contributed by atoms with E-state index in [0.717, 1.165) is 37.6 Å². The molecule has 0 unspecified atom stereocenters. The predicted octanol–water partition coefficient (Wildman–Crippen LogP) is 1.57. The molecular weight excluding hydrogens is 236 g/mol. The Morgan fingerprint density at radius 2 is 1.79 bits per heavy atom. The molecule has 0 aliphatic rings. The summed E-state index contributed by atoms with van der Waals surface area (Å²) >= 11 is 0. The van der Waals surface area contributed by atoms with Crippen molar-refractivity contribution in [1.82, 2.24) is 20.1 Å². The minimum atomic E-state index is 0.494. The van der Waals surface area contributed by atoms with Crippen LogP contribution in [0.5, 0.6) is 0 Å². The van der Waals surface area contributed by atoms with E-state index in [1.165, 1.54) is 0 Å². The molecule has 0 atom stereocenters. The number of hydrogen-bond acceptors (Lipinski definition) is 4. The highest BCUT2D eigenvalue weighted by Crippen LogP contribution is 2.03. The molecule has 1 N–H and O–H groups in total. The van der Waals surface area contributed by atoms with Gasteiger partial charge in [-0.1, -0.05) is 19.9 Å². The highest BCUT2D eigenvalue weighted by Gasteiger charge is 2.04. The van der Waals surface area contributed by atoms with Crippen molar-refractivity contribution in [1.29, 1.82) is 0 Å². The Labute approximate surface area is 117 Å². The van der Waals surface area contributed by atoms with E-state index < -0.39 is 0 Å². The minimum Gasteiger partial charge on any atom is -0.309 e. The van der Waals surface area contributed by atoms with Crippen molar-refractivity contribution in [2.24, 2.45) is 0 Å². The van der Waals surface area contributed by atoms with E-state index in [1.807, 2.05) is 0 Å². The van der Waals surface area contributed by atoms with Crippen molar-refractivity contribution < 1.29 is 0 Å². The molecule has 0 aliphatic heterocycles. The van der Waals surface area contributed by atoms with Gasteiger partial charge in [-0.15, -0.1) is 0 Å². The second-order valence-corrected chi connectivity index (χ2v) is 5.70. The van der Waals surface area contributed by atoms with Gasteiger partial charge in [0.25, 0.3) is 0 Å². The quantitative estimate of drug-likeness (QED) is 0.772. The summed E-state index contributed by atoms with van der Waals surface area (Å²) < 4.78 is 0. The summed E-state index contributed by atoms with van der Waals surface area (Å²) in [5.41, 5.74) is 2.26. The number of hydrogen-bond donors (Lipinski definition) is 1. The molecule has 19 heavy (non-hydrogen) atoms. The maximum Gasteiger partial charge on any atom is 0.0547 e. The zero-order valence-corrected chi connectivity index (χ0v) is 13.0. The second kappa shape index (κ2) is 8.25. The van der Waals surface area contributed by atoms with Gasteiger partial charge in [0.2, 0.25) is 0 Å². The molecule has 1 aromatic heterocycles. The van der Waals surface area contributed by atoms with E-state index in [-0.39, 0.29) is 0 Å². The lowest BCUT2D eigenvalue weighted by molar-refractivity contribution is 0.274. The van der Waals surface area contributed by atoms with Gasteiger partial charge in [-0.25, -0.2) is 0 Å².